The maximum atomic E-state index is 10.2. The van der Waals surface area contributed by atoms with Crippen LogP contribution >= 0.6 is 15.9 Å². The largest absolute Gasteiger partial charge is 0.491 e. The lowest BCUT2D eigenvalue weighted by molar-refractivity contribution is 0.00716. The minimum absolute atomic E-state index is 0.324. The van der Waals surface area contributed by atoms with Crippen molar-refractivity contribution in [1.82, 2.24) is 9.88 Å². The molecule has 1 fully saturated rings. The smallest absolute Gasteiger partial charge is 0.128 e. The quantitative estimate of drug-likeness (QED) is 0.610. The molecule has 7 heteroatoms. The van der Waals surface area contributed by atoms with Gasteiger partial charge in [0.2, 0.25) is 0 Å². The van der Waals surface area contributed by atoms with Crippen LogP contribution in [0.3, 0.4) is 0 Å². The predicted molar refractivity (Wildman–Crippen MR) is 109 cm³/mol. The van der Waals surface area contributed by atoms with Crippen molar-refractivity contribution in [3.63, 3.8) is 0 Å². The van der Waals surface area contributed by atoms with E-state index in [2.05, 4.69) is 30.7 Å². The number of nitrogens with zero attached hydrogens (tertiary/aromatic N) is 3. The van der Waals surface area contributed by atoms with Gasteiger partial charge in [-0.15, -0.1) is 0 Å². The Morgan fingerprint density at radius 2 is 1.81 bits per heavy atom. The van der Waals surface area contributed by atoms with Crippen LogP contribution in [0.4, 0.5) is 5.82 Å². The number of hydrogen-bond acceptors (Lipinski definition) is 6. The van der Waals surface area contributed by atoms with Crippen LogP contribution in [0.2, 0.25) is 0 Å². The molecule has 0 amide bonds. The Bertz CT molecular complexity index is 664. The molecule has 1 atom stereocenters. The van der Waals surface area contributed by atoms with Gasteiger partial charge >= 0.3 is 0 Å². The molecule has 1 aromatic heterocycles. The van der Waals surface area contributed by atoms with E-state index in [1.807, 2.05) is 48.7 Å². The van der Waals surface area contributed by atoms with Gasteiger partial charge in [-0.2, -0.15) is 0 Å². The van der Waals surface area contributed by atoms with Crippen molar-refractivity contribution in [1.29, 1.82) is 0 Å². The molecule has 27 heavy (non-hydrogen) atoms. The number of ether oxygens (including phenoxy) is 2. The van der Waals surface area contributed by atoms with E-state index in [-0.39, 0.29) is 0 Å². The molecule has 2 aromatic rings. The number of hydrogen-bond donors (Lipinski definition) is 1. The average molecular weight is 436 g/mol. The van der Waals surface area contributed by atoms with Crippen molar-refractivity contribution in [2.45, 2.75) is 6.10 Å². The number of benzene rings is 1. The molecule has 0 unspecified atom stereocenters. The van der Waals surface area contributed by atoms with Crippen molar-refractivity contribution in [2.75, 3.05) is 57.4 Å². The van der Waals surface area contributed by atoms with Crippen LogP contribution in [0.1, 0.15) is 0 Å². The predicted octanol–water partition coefficient (Wildman–Crippen LogP) is 2.42. The summed E-state index contributed by atoms with van der Waals surface area (Å²) in [6.07, 6.45) is 1.34. The average Bonchev–Trinajstić information content (AvgIpc) is 2.70. The second kappa shape index (κ2) is 10.6. The van der Waals surface area contributed by atoms with E-state index in [1.165, 1.54) is 0 Å². The summed E-state index contributed by atoms with van der Waals surface area (Å²) in [7, 11) is 0. The number of aliphatic hydroxyl groups excluding tert-OH is 1. The van der Waals surface area contributed by atoms with E-state index in [4.69, 9.17) is 9.47 Å². The maximum Gasteiger partial charge on any atom is 0.128 e. The fourth-order valence-electron chi connectivity index (χ4n) is 3.02. The van der Waals surface area contributed by atoms with E-state index < -0.39 is 6.10 Å². The molecule has 1 N–H and O–H groups in total. The second-order valence-corrected chi connectivity index (χ2v) is 7.42. The lowest BCUT2D eigenvalue weighted by Crippen LogP contribution is -2.49. The summed E-state index contributed by atoms with van der Waals surface area (Å²) in [6.45, 7) is 5.56. The van der Waals surface area contributed by atoms with Gasteiger partial charge in [0.15, 0.2) is 0 Å². The van der Waals surface area contributed by atoms with E-state index in [0.29, 0.717) is 26.4 Å². The van der Waals surface area contributed by atoms with E-state index in [0.717, 1.165) is 42.2 Å². The van der Waals surface area contributed by atoms with E-state index >= 15 is 0 Å². The van der Waals surface area contributed by atoms with Crippen LogP contribution in [-0.4, -0.2) is 73.6 Å². The molecule has 3 rings (SSSR count). The zero-order valence-corrected chi connectivity index (χ0v) is 16.9. The molecule has 146 valence electrons. The molecule has 0 aliphatic carbocycles. The Hall–Kier alpha value is -1.67. The van der Waals surface area contributed by atoms with E-state index in [9.17, 15) is 5.11 Å². The number of β-amino-alcohol motifs (C(OH)–C–C–N with tert-alkyl or cyclic N) is 1. The van der Waals surface area contributed by atoms with Crippen LogP contribution in [0, 0.1) is 0 Å². The molecule has 0 radical (unpaired) electrons. The van der Waals surface area contributed by atoms with Crippen LogP contribution in [0.5, 0.6) is 5.75 Å². The summed E-state index contributed by atoms with van der Waals surface area (Å²) < 4.78 is 12.2. The Morgan fingerprint density at radius 3 is 2.52 bits per heavy atom. The highest BCUT2D eigenvalue weighted by Gasteiger charge is 2.19. The number of halogens is 1. The molecule has 0 saturated carbocycles. The third kappa shape index (κ3) is 6.77. The highest BCUT2D eigenvalue weighted by molar-refractivity contribution is 9.10. The van der Waals surface area contributed by atoms with Gasteiger partial charge in [0.05, 0.1) is 19.3 Å². The molecule has 1 aromatic carbocycles. The molecule has 1 aliphatic heterocycles. The highest BCUT2D eigenvalue weighted by atomic mass is 79.9. The van der Waals surface area contributed by atoms with Crippen LogP contribution in [0.15, 0.2) is 53.1 Å². The van der Waals surface area contributed by atoms with Gasteiger partial charge < -0.3 is 19.5 Å². The Balaban J connectivity index is 1.26. The number of aromatic nitrogens is 1. The van der Waals surface area contributed by atoms with Gasteiger partial charge in [0.1, 0.15) is 18.2 Å². The normalized spacial score (nSPS) is 16.3. The van der Waals surface area contributed by atoms with Crippen molar-refractivity contribution in [3.8, 4) is 5.75 Å². The second-order valence-electron chi connectivity index (χ2n) is 6.51. The molecule has 0 spiro atoms. The molecule has 0 bridgehead atoms. The fraction of sp³-hybridized carbons (Fsp3) is 0.450. The molecule has 1 saturated heterocycles. The van der Waals surface area contributed by atoms with Gasteiger partial charge in [0, 0.05) is 43.4 Å². The van der Waals surface area contributed by atoms with Crippen molar-refractivity contribution < 1.29 is 14.6 Å². The third-order valence-electron chi connectivity index (χ3n) is 4.43. The number of pyridine rings is 1. The number of aliphatic hydroxyl groups is 1. The molecule has 2 heterocycles. The van der Waals surface area contributed by atoms with Crippen LogP contribution in [0.25, 0.3) is 0 Å². The summed E-state index contributed by atoms with van der Waals surface area (Å²) in [5.41, 5.74) is 0. The van der Waals surface area contributed by atoms with Gasteiger partial charge in [0.25, 0.3) is 0 Å². The van der Waals surface area contributed by atoms with Gasteiger partial charge in [-0.25, -0.2) is 4.98 Å². The fourth-order valence-corrected chi connectivity index (χ4v) is 3.28. The van der Waals surface area contributed by atoms with Crippen molar-refractivity contribution in [2.24, 2.45) is 0 Å². The summed E-state index contributed by atoms with van der Waals surface area (Å²) in [5, 5.41) is 10.2. The number of anilines is 1. The minimum Gasteiger partial charge on any atom is -0.491 e. The van der Waals surface area contributed by atoms with Gasteiger partial charge in [-0.3, -0.25) is 4.90 Å². The Morgan fingerprint density at radius 1 is 1.04 bits per heavy atom. The zero-order chi connectivity index (χ0) is 18.9. The van der Waals surface area contributed by atoms with Gasteiger partial charge in [-0.05, 0) is 36.4 Å². The SMILES string of the molecule is O[C@H](COCCOc1ccc(Br)cc1)CN1CCN(c2ccccn2)CC1. The summed E-state index contributed by atoms with van der Waals surface area (Å²) in [6, 6.07) is 13.7. The Labute approximate surface area is 168 Å². The number of piperazine rings is 1. The Kier molecular flexibility index (Phi) is 7.89. The van der Waals surface area contributed by atoms with E-state index in [1.54, 1.807) is 0 Å². The van der Waals surface area contributed by atoms with Crippen LogP contribution in [-0.2, 0) is 4.74 Å². The topological polar surface area (TPSA) is 58.1 Å². The first kappa shape index (κ1) is 20.1. The first-order chi connectivity index (χ1) is 13.2. The first-order valence-corrected chi connectivity index (χ1v) is 10.0. The number of rotatable bonds is 9. The molecule has 1 aliphatic rings. The standard InChI is InChI=1S/C20H26BrN3O3/c21-17-4-6-19(7-5-17)27-14-13-26-16-18(25)15-23-9-11-24(12-10-23)20-3-1-2-8-22-20/h1-8,18,25H,9-16H2/t18-/m0/s1. The van der Waals surface area contributed by atoms with Crippen molar-refractivity contribution >= 4 is 21.7 Å². The zero-order valence-electron chi connectivity index (χ0n) is 15.3. The van der Waals surface area contributed by atoms with Gasteiger partial charge in [-0.1, -0.05) is 22.0 Å². The molecular formula is C20H26BrN3O3. The minimum atomic E-state index is -0.487. The molecule has 6 nitrogen and oxygen atoms in total. The summed E-state index contributed by atoms with van der Waals surface area (Å²) >= 11 is 3.39. The monoisotopic (exact) mass is 435 g/mol. The van der Waals surface area contributed by atoms with Crippen molar-refractivity contribution in [3.05, 3.63) is 53.1 Å². The lowest BCUT2D eigenvalue weighted by Gasteiger charge is -2.36. The summed E-state index contributed by atoms with van der Waals surface area (Å²) in [5.74, 6) is 1.83. The highest BCUT2D eigenvalue weighted by Crippen LogP contribution is 2.16. The summed E-state index contributed by atoms with van der Waals surface area (Å²) in [4.78, 5) is 8.94. The lowest BCUT2D eigenvalue weighted by atomic mass is 10.2. The third-order valence-corrected chi connectivity index (χ3v) is 4.96. The maximum absolute atomic E-state index is 10.2. The first-order valence-electron chi connectivity index (χ1n) is 9.23. The van der Waals surface area contributed by atoms with Crippen LogP contribution < -0.4 is 9.64 Å². The molecular weight excluding hydrogens is 410 g/mol.